The fourth-order valence-corrected chi connectivity index (χ4v) is 3.48. The number of halogens is 2. The number of hydrogen-bond acceptors (Lipinski definition) is 4. The van der Waals surface area contributed by atoms with Crippen molar-refractivity contribution in [1.82, 2.24) is 0 Å². The summed E-state index contributed by atoms with van der Waals surface area (Å²) in [4.78, 5) is 18.8. The number of amides is 1. The van der Waals surface area contributed by atoms with Gasteiger partial charge in [-0.3, -0.25) is 14.7 Å². The van der Waals surface area contributed by atoms with Crippen LogP contribution in [0.5, 0.6) is 5.75 Å². The number of carbonyl (C=O) groups is 1. The molecule has 4 nitrogen and oxygen atoms in total. The molecule has 1 aliphatic heterocycles. The first kappa shape index (κ1) is 17.8. The van der Waals surface area contributed by atoms with Gasteiger partial charge >= 0.3 is 0 Å². The van der Waals surface area contributed by atoms with Gasteiger partial charge in [-0.1, -0.05) is 35.5 Å². The minimum atomic E-state index is -0.505. The zero-order chi connectivity index (χ0) is 17.8. The topological polar surface area (TPSA) is 41.9 Å². The van der Waals surface area contributed by atoms with Crippen LogP contribution < -0.4 is 9.64 Å². The van der Waals surface area contributed by atoms with Crippen LogP contribution in [0.2, 0.25) is 5.02 Å². The maximum Gasteiger partial charge on any atom is 0.271 e. The maximum atomic E-state index is 13.7. The monoisotopic (exact) mass is 378 g/mol. The summed E-state index contributed by atoms with van der Waals surface area (Å²) in [5, 5.41) is 1.19. The zero-order valence-electron chi connectivity index (χ0n) is 13.5. The second-order valence-corrected chi connectivity index (χ2v) is 6.92. The predicted octanol–water partition coefficient (Wildman–Crippen LogP) is 4.38. The fraction of sp³-hybridized carbons (Fsp3) is 0.222. The van der Waals surface area contributed by atoms with Crippen LogP contribution >= 0.6 is 23.4 Å². The first-order valence-corrected chi connectivity index (χ1v) is 9.07. The first-order valence-electron chi connectivity index (χ1n) is 7.71. The van der Waals surface area contributed by atoms with Crippen molar-refractivity contribution in [3.8, 4) is 5.75 Å². The summed E-state index contributed by atoms with van der Waals surface area (Å²) in [6.07, 6.45) is 0. The molecule has 0 aliphatic carbocycles. The second kappa shape index (κ2) is 7.89. The third-order valence-electron chi connectivity index (χ3n) is 3.50. The molecule has 0 aromatic heterocycles. The van der Waals surface area contributed by atoms with Crippen molar-refractivity contribution in [3.05, 3.63) is 59.4 Å². The standard InChI is InChI=1S/C18H16ClFN2O2S/c1-12-11-25-18(21-12)22(14-8-6-13(19)7-9-14)17(23)10-24-16-5-3-2-4-15(16)20/h2-9,12H,10-11H2,1H3/t12-/m0/s1. The molecular weight excluding hydrogens is 363 g/mol. The number of hydrogen-bond donors (Lipinski definition) is 0. The number of thioether (sulfide) groups is 1. The number of amidine groups is 1. The molecule has 0 spiro atoms. The van der Waals surface area contributed by atoms with Gasteiger partial charge in [-0.05, 0) is 43.3 Å². The molecule has 3 rings (SSSR count). The quantitative estimate of drug-likeness (QED) is 0.792. The smallest absolute Gasteiger partial charge is 0.271 e. The maximum absolute atomic E-state index is 13.7. The van der Waals surface area contributed by atoms with Gasteiger partial charge in [-0.2, -0.15) is 0 Å². The lowest BCUT2D eigenvalue weighted by Crippen LogP contribution is -2.38. The Kier molecular flexibility index (Phi) is 5.60. The van der Waals surface area contributed by atoms with Crippen LogP contribution in [0.1, 0.15) is 6.92 Å². The molecule has 0 fully saturated rings. The summed E-state index contributed by atoms with van der Waals surface area (Å²) in [5.41, 5.74) is 0.645. The molecule has 2 aromatic carbocycles. The van der Waals surface area contributed by atoms with Crippen molar-refractivity contribution in [1.29, 1.82) is 0 Å². The van der Waals surface area contributed by atoms with Gasteiger partial charge < -0.3 is 4.74 Å². The van der Waals surface area contributed by atoms with Gasteiger partial charge in [-0.25, -0.2) is 4.39 Å². The van der Waals surface area contributed by atoms with E-state index in [1.165, 1.54) is 28.8 Å². The Morgan fingerprint density at radius 2 is 2.04 bits per heavy atom. The number of anilines is 1. The SMILES string of the molecule is C[C@H]1CSC(N(C(=O)COc2ccccc2F)c2ccc(Cl)cc2)=N1. The number of rotatable bonds is 4. The van der Waals surface area contributed by atoms with Gasteiger partial charge in [0.05, 0.1) is 11.7 Å². The van der Waals surface area contributed by atoms with Crippen LogP contribution in [0.4, 0.5) is 10.1 Å². The molecule has 0 saturated carbocycles. The Bertz CT molecular complexity index is 798. The van der Waals surface area contributed by atoms with E-state index in [9.17, 15) is 9.18 Å². The van der Waals surface area contributed by atoms with Gasteiger partial charge in [0.15, 0.2) is 23.3 Å². The average Bonchev–Trinajstić information content (AvgIpc) is 3.02. The highest BCUT2D eigenvalue weighted by Crippen LogP contribution is 2.27. The molecule has 1 amide bonds. The van der Waals surface area contributed by atoms with Crippen LogP contribution in [0, 0.1) is 5.82 Å². The molecule has 0 N–H and O–H groups in total. The van der Waals surface area contributed by atoms with E-state index in [2.05, 4.69) is 4.99 Å². The van der Waals surface area contributed by atoms with Crippen molar-refractivity contribution in [2.24, 2.45) is 4.99 Å². The average molecular weight is 379 g/mol. The lowest BCUT2D eigenvalue weighted by atomic mass is 10.3. The lowest BCUT2D eigenvalue weighted by molar-refractivity contribution is -0.119. The third kappa shape index (κ3) is 4.32. The van der Waals surface area contributed by atoms with Gasteiger partial charge in [0.1, 0.15) is 0 Å². The highest BCUT2D eigenvalue weighted by molar-refractivity contribution is 8.14. The molecule has 0 radical (unpaired) electrons. The Morgan fingerprint density at radius 3 is 2.68 bits per heavy atom. The molecule has 2 aromatic rings. The van der Waals surface area contributed by atoms with E-state index < -0.39 is 5.82 Å². The Labute approximate surface area is 154 Å². The Balaban J connectivity index is 1.81. The Morgan fingerprint density at radius 1 is 1.32 bits per heavy atom. The summed E-state index contributed by atoms with van der Waals surface area (Å²) < 4.78 is 19.0. The van der Waals surface area contributed by atoms with Crippen LogP contribution in [0.15, 0.2) is 53.5 Å². The summed E-state index contributed by atoms with van der Waals surface area (Å²) in [6, 6.07) is 13.0. The van der Waals surface area contributed by atoms with E-state index in [1.54, 1.807) is 36.4 Å². The van der Waals surface area contributed by atoms with Crippen molar-refractivity contribution in [2.45, 2.75) is 13.0 Å². The number of nitrogens with zero attached hydrogens (tertiary/aromatic N) is 2. The number of aliphatic imine (C=N–C) groups is 1. The molecule has 1 atom stereocenters. The number of para-hydroxylation sites is 1. The Hall–Kier alpha value is -2.05. The van der Waals surface area contributed by atoms with E-state index in [0.29, 0.717) is 15.9 Å². The number of ether oxygens (including phenoxy) is 1. The molecule has 0 unspecified atom stereocenters. The van der Waals surface area contributed by atoms with E-state index in [0.717, 1.165) is 5.75 Å². The van der Waals surface area contributed by atoms with Crippen molar-refractivity contribution in [3.63, 3.8) is 0 Å². The van der Waals surface area contributed by atoms with Gasteiger partial charge in [0.2, 0.25) is 0 Å². The summed E-state index contributed by atoms with van der Waals surface area (Å²) in [7, 11) is 0. The zero-order valence-corrected chi connectivity index (χ0v) is 15.1. The summed E-state index contributed by atoms with van der Waals surface area (Å²) >= 11 is 7.44. The second-order valence-electron chi connectivity index (χ2n) is 5.50. The normalized spacial score (nSPS) is 16.4. The molecular formula is C18H16ClFN2O2S. The summed E-state index contributed by atoms with van der Waals surface area (Å²) in [5.74, 6) is 0.0164. The first-order chi connectivity index (χ1) is 12.0. The van der Waals surface area contributed by atoms with Gasteiger partial charge in [0, 0.05) is 10.8 Å². The third-order valence-corrected chi connectivity index (χ3v) is 4.95. The van der Waals surface area contributed by atoms with Crippen LogP contribution in [0.25, 0.3) is 0 Å². The molecule has 25 heavy (non-hydrogen) atoms. The largest absolute Gasteiger partial charge is 0.481 e. The van der Waals surface area contributed by atoms with Crippen LogP contribution in [-0.2, 0) is 4.79 Å². The van der Waals surface area contributed by atoms with Crippen molar-refractivity contribution < 1.29 is 13.9 Å². The highest BCUT2D eigenvalue weighted by atomic mass is 35.5. The van der Waals surface area contributed by atoms with E-state index in [-0.39, 0.29) is 24.3 Å². The van der Waals surface area contributed by atoms with Crippen molar-refractivity contribution >= 4 is 40.1 Å². The summed E-state index contributed by atoms with van der Waals surface area (Å²) in [6.45, 7) is 1.69. The minimum Gasteiger partial charge on any atom is -0.481 e. The lowest BCUT2D eigenvalue weighted by Gasteiger charge is -2.22. The number of benzene rings is 2. The van der Waals surface area contributed by atoms with E-state index in [1.807, 2.05) is 6.92 Å². The molecule has 1 aliphatic rings. The van der Waals surface area contributed by atoms with Crippen LogP contribution in [0.3, 0.4) is 0 Å². The number of carbonyl (C=O) groups excluding carboxylic acids is 1. The van der Waals surface area contributed by atoms with Gasteiger partial charge in [-0.15, -0.1) is 0 Å². The van der Waals surface area contributed by atoms with Crippen LogP contribution in [-0.4, -0.2) is 29.5 Å². The fourth-order valence-electron chi connectivity index (χ4n) is 2.30. The van der Waals surface area contributed by atoms with E-state index >= 15 is 0 Å². The van der Waals surface area contributed by atoms with E-state index in [4.69, 9.17) is 16.3 Å². The molecule has 0 saturated heterocycles. The molecule has 0 bridgehead atoms. The van der Waals surface area contributed by atoms with Gasteiger partial charge in [0.25, 0.3) is 5.91 Å². The molecule has 1 heterocycles. The molecule has 130 valence electrons. The molecule has 7 heteroatoms. The van der Waals surface area contributed by atoms with Crippen molar-refractivity contribution in [2.75, 3.05) is 17.3 Å². The highest BCUT2D eigenvalue weighted by Gasteiger charge is 2.27. The predicted molar refractivity (Wildman–Crippen MR) is 100 cm³/mol. The minimum absolute atomic E-state index is 0.0429.